The molecule has 0 heterocycles. The average molecular weight is 316 g/mol. The van der Waals surface area contributed by atoms with E-state index < -0.39 is 5.91 Å². The second-order valence-corrected chi connectivity index (χ2v) is 4.58. The van der Waals surface area contributed by atoms with Crippen LogP contribution in [0.2, 0.25) is 0 Å². The van der Waals surface area contributed by atoms with Gasteiger partial charge in [-0.1, -0.05) is 19.1 Å². The topological polar surface area (TPSA) is 93.4 Å². The number of amides is 2. The number of rotatable bonds is 8. The van der Waals surface area contributed by atoms with Crippen molar-refractivity contribution in [2.75, 3.05) is 20.2 Å². The summed E-state index contributed by atoms with van der Waals surface area (Å²) in [6.07, 6.45) is 0. The third kappa shape index (κ3) is 7.53. The summed E-state index contributed by atoms with van der Waals surface area (Å²) < 4.78 is 5.20. The Bertz CT molecular complexity index is 469. The van der Waals surface area contributed by atoms with Crippen molar-refractivity contribution in [2.24, 2.45) is 11.7 Å². The number of carbonyl (C=O) groups is 2. The van der Waals surface area contributed by atoms with Crippen molar-refractivity contribution in [3.63, 3.8) is 0 Å². The van der Waals surface area contributed by atoms with Gasteiger partial charge in [0.05, 0.1) is 0 Å². The molecule has 0 aromatic heterocycles. The smallest absolute Gasteiger partial charge is 0.255 e. The highest BCUT2D eigenvalue weighted by atomic mass is 35.5. The maximum atomic E-state index is 11.8. The van der Waals surface area contributed by atoms with Gasteiger partial charge >= 0.3 is 0 Å². The van der Waals surface area contributed by atoms with Crippen LogP contribution >= 0.6 is 12.4 Å². The summed E-state index contributed by atoms with van der Waals surface area (Å²) >= 11 is 0. The van der Waals surface area contributed by atoms with Crippen LogP contribution < -0.4 is 21.1 Å². The maximum absolute atomic E-state index is 11.8. The number of ether oxygens (including phenoxy) is 1. The number of carbonyl (C=O) groups excluding carboxylic acids is 2. The third-order valence-corrected chi connectivity index (χ3v) is 2.70. The Morgan fingerprint density at radius 3 is 2.71 bits per heavy atom. The Balaban J connectivity index is 0.00000400. The Morgan fingerprint density at radius 1 is 1.38 bits per heavy atom. The van der Waals surface area contributed by atoms with E-state index in [1.807, 2.05) is 20.0 Å². The molecule has 1 atom stereocenters. The number of nitrogens with one attached hydrogen (secondary N) is 2. The fourth-order valence-electron chi connectivity index (χ4n) is 1.66. The molecule has 0 aliphatic heterocycles. The van der Waals surface area contributed by atoms with Gasteiger partial charge in [-0.25, -0.2) is 0 Å². The standard InChI is InChI=1S/C14H21N3O3.ClH/c1-10(7-16-2)14(19)17-8-11-4-3-5-12(6-11)20-9-13(15)18;/h3-6,10,16H,7-9H2,1-2H3,(H2,15,18)(H,17,19);1H. The lowest BCUT2D eigenvalue weighted by Crippen LogP contribution is -2.33. The maximum Gasteiger partial charge on any atom is 0.255 e. The van der Waals surface area contributed by atoms with Gasteiger partial charge in [0.15, 0.2) is 6.61 Å². The minimum atomic E-state index is -0.524. The zero-order valence-electron chi connectivity index (χ0n) is 12.2. The Hall–Kier alpha value is -1.79. The minimum Gasteiger partial charge on any atom is -0.484 e. The van der Waals surface area contributed by atoms with E-state index >= 15 is 0 Å². The summed E-state index contributed by atoms with van der Waals surface area (Å²) in [5.74, 6) is -0.0690. The van der Waals surface area contributed by atoms with E-state index in [4.69, 9.17) is 10.5 Å². The van der Waals surface area contributed by atoms with Crippen LogP contribution in [0.15, 0.2) is 24.3 Å². The molecule has 1 aromatic rings. The first kappa shape index (κ1) is 19.2. The highest BCUT2D eigenvalue weighted by Crippen LogP contribution is 2.13. The lowest BCUT2D eigenvalue weighted by atomic mass is 10.1. The van der Waals surface area contributed by atoms with Crippen LogP contribution in [0, 0.1) is 5.92 Å². The molecule has 0 aliphatic carbocycles. The highest BCUT2D eigenvalue weighted by molar-refractivity contribution is 5.85. The lowest BCUT2D eigenvalue weighted by molar-refractivity contribution is -0.124. The van der Waals surface area contributed by atoms with Crippen molar-refractivity contribution in [2.45, 2.75) is 13.5 Å². The number of hydrogen-bond acceptors (Lipinski definition) is 4. The second kappa shape index (κ2) is 10.0. The van der Waals surface area contributed by atoms with Gasteiger partial charge in [-0.05, 0) is 24.7 Å². The van der Waals surface area contributed by atoms with Gasteiger partial charge in [0.2, 0.25) is 5.91 Å². The van der Waals surface area contributed by atoms with Gasteiger partial charge in [-0.3, -0.25) is 9.59 Å². The third-order valence-electron chi connectivity index (χ3n) is 2.70. The monoisotopic (exact) mass is 315 g/mol. The molecule has 0 spiro atoms. The van der Waals surface area contributed by atoms with Crippen molar-refractivity contribution < 1.29 is 14.3 Å². The number of nitrogens with two attached hydrogens (primary N) is 1. The van der Waals surface area contributed by atoms with Crippen LogP contribution in [-0.4, -0.2) is 32.0 Å². The molecule has 0 bridgehead atoms. The normalized spacial score (nSPS) is 11.1. The van der Waals surface area contributed by atoms with Crippen LogP contribution in [-0.2, 0) is 16.1 Å². The fraction of sp³-hybridized carbons (Fsp3) is 0.429. The number of primary amides is 1. The summed E-state index contributed by atoms with van der Waals surface area (Å²) in [5.41, 5.74) is 5.91. The van der Waals surface area contributed by atoms with Crippen LogP contribution in [0.4, 0.5) is 0 Å². The molecule has 4 N–H and O–H groups in total. The molecular weight excluding hydrogens is 294 g/mol. The molecule has 21 heavy (non-hydrogen) atoms. The van der Waals surface area contributed by atoms with Crippen LogP contribution in [0.1, 0.15) is 12.5 Å². The SMILES string of the molecule is CNCC(C)C(=O)NCc1cccc(OCC(N)=O)c1.Cl. The van der Waals surface area contributed by atoms with E-state index in [0.29, 0.717) is 18.8 Å². The van der Waals surface area contributed by atoms with E-state index in [-0.39, 0.29) is 30.8 Å². The molecule has 6 nitrogen and oxygen atoms in total. The van der Waals surface area contributed by atoms with Crippen molar-refractivity contribution in [1.82, 2.24) is 10.6 Å². The Kier molecular flexibility index (Phi) is 9.16. The number of halogens is 1. The number of benzene rings is 1. The zero-order valence-corrected chi connectivity index (χ0v) is 13.0. The first-order valence-corrected chi connectivity index (χ1v) is 6.45. The van der Waals surface area contributed by atoms with Crippen molar-refractivity contribution in [3.8, 4) is 5.75 Å². The summed E-state index contributed by atoms with van der Waals surface area (Å²) in [7, 11) is 1.81. The van der Waals surface area contributed by atoms with Crippen molar-refractivity contribution in [1.29, 1.82) is 0 Å². The molecule has 2 amide bonds. The lowest BCUT2D eigenvalue weighted by Gasteiger charge is -2.12. The Morgan fingerprint density at radius 2 is 2.10 bits per heavy atom. The van der Waals surface area contributed by atoms with Gasteiger partial charge in [0.1, 0.15) is 5.75 Å². The Labute approximate surface area is 130 Å². The largest absolute Gasteiger partial charge is 0.484 e. The number of hydrogen-bond donors (Lipinski definition) is 3. The minimum absolute atomic E-state index is 0. The van der Waals surface area contributed by atoms with Gasteiger partial charge < -0.3 is 21.1 Å². The molecule has 1 aromatic carbocycles. The highest BCUT2D eigenvalue weighted by Gasteiger charge is 2.11. The van der Waals surface area contributed by atoms with Gasteiger partial charge in [0, 0.05) is 19.0 Å². The van der Waals surface area contributed by atoms with E-state index in [1.54, 1.807) is 18.2 Å². The molecule has 1 unspecified atom stereocenters. The van der Waals surface area contributed by atoms with Crippen molar-refractivity contribution >= 4 is 24.2 Å². The predicted octanol–water partition coefficient (Wildman–Crippen LogP) is 0.444. The molecule has 0 saturated carbocycles. The van der Waals surface area contributed by atoms with Gasteiger partial charge in [-0.2, -0.15) is 0 Å². The first-order valence-electron chi connectivity index (χ1n) is 6.45. The molecular formula is C14H22ClN3O3. The molecule has 7 heteroatoms. The van der Waals surface area contributed by atoms with Gasteiger partial charge in [-0.15, -0.1) is 12.4 Å². The van der Waals surface area contributed by atoms with E-state index in [1.165, 1.54) is 0 Å². The molecule has 0 fully saturated rings. The summed E-state index contributed by atoms with van der Waals surface area (Å²) in [5, 5.41) is 5.81. The zero-order chi connectivity index (χ0) is 15.0. The van der Waals surface area contributed by atoms with E-state index in [9.17, 15) is 9.59 Å². The van der Waals surface area contributed by atoms with Gasteiger partial charge in [0.25, 0.3) is 5.91 Å². The summed E-state index contributed by atoms with van der Waals surface area (Å²) in [6.45, 7) is 2.75. The van der Waals surface area contributed by atoms with Crippen LogP contribution in [0.25, 0.3) is 0 Å². The molecule has 0 aliphatic rings. The second-order valence-electron chi connectivity index (χ2n) is 4.58. The van der Waals surface area contributed by atoms with E-state index in [0.717, 1.165) is 5.56 Å². The van der Waals surface area contributed by atoms with Crippen molar-refractivity contribution in [3.05, 3.63) is 29.8 Å². The molecule has 0 radical (unpaired) electrons. The molecule has 0 saturated heterocycles. The van der Waals surface area contributed by atoms with Crippen LogP contribution in [0.3, 0.4) is 0 Å². The van der Waals surface area contributed by atoms with E-state index in [2.05, 4.69) is 10.6 Å². The quantitative estimate of drug-likeness (QED) is 0.649. The molecule has 118 valence electrons. The summed E-state index contributed by atoms with van der Waals surface area (Å²) in [4.78, 5) is 22.4. The average Bonchev–Trinajstić information content (AvgIpc) is 2.43. The predicted molar refractivity (Wildman–Crippen MR) is 83.3 cm³/mol. The fourth-order valence-corrected chi connectivity index (χ4v) is 1.66. The van der Waals surface area contributed by atoms with Crippen LogP contribution in [0.5, 0.6) is 5.75 Å². The first-order chi connectivity index (χ1) is 9.52. The molecule has 1 rings (SSSR count). The summed E-state index contributed by atoms with van der Waals surface area (Å²) in [6, 6.07) is 7.18.